The lowest BCUT2D eigenvalue weighted by molar-refractivity contribution is -0.120. The van der Waals surface area contributed by atoms with Gasteiger partial charge in [0.1, 0.15) is 5.75 Å². The maximum atomic E-state index is 12.4. The van der Waals surface area contributed by atoms with Crippen molar-refractivity contribution in [2.24, 2.45) is 5.73 Å². The number of benzene rings is 2. The van der Waals surface area contributed by atoms with E-state index in [1.54, 1.807) is 36.4 Å². The Kier molecular flexibility index (Phi) is 10.9. The molecule has 0 bridgehead atoms. The summed E-state index contributed by atoms with van der Waals surface area (Å²) in [6, 6.07) is 13.2. The van der Waals surface area contributed by atoms with Gasteiger partial charge in [-0.05, 0) is 54.8 Å². The van der Waals surface area contributed by atoms with Gasteiger partial charge in [0.05, 0.1) is 24.5 Å². The number of carbonyl (C=O) groups is 2. The first-order chi connectivity index (χ1) is 13.9. The molecule has 0 aliphatic heterocycles. The summed E-state index contributed by atoms with van der Waals surface area (Å²) in [5.74, 6) is -1.81. The Hall–Kier alpha value is -2.59. The summed E-state index contributed by atoms with van der Waals surface area (Å²) < 4.78 is 5.56. The first-order valence-electron chi connectivity index (χ1n) is 9.28. The molecule has 10 heteroatoms. The maximum Gasteiger partial charge on any atom is 0.475 e. The zero-order chi connectivity index (χ0) is 21.2. The molecule has 2 aromatic carbocycles. The maximum absolute atomic E-state index is 12.4. The molecule has 0 spiro atoms. The number of amides is 1. The van der Waals surface area contributed by atoms with Gasteiger partial charge in [0.25, 0.3) is 0 Å². The van der Waals surface area contributed by atoms with Crippen LogP contribution in [0.4, 0.5) is 0 Å². The van der Waals surface area contributed by atoms with Gasteiger partial charge in [0.15, 0.2) is 0 Å². The Morgan fingerprint density at radius 2 is 1.80 bits per heavy atom. The summed E-state index contributed by atoms with van der Waals surface area (Å²) in [6.07, 6.45) is 0.836. The molecule has 0 radical (unpaired) electrons. The molecule has 0 fully saturated rings. The number of carbonyl (C=O) groups excluding carboxylic acids is 1. The van der Waals surface area contributed by atoms with Gasteiger partial charge in [0, 0.05) is 0 Å². The lowest BCUT2D eigenvalue weighted by atomic mass is 9.75. The third-order valence-electron chi connectivity index (χ3n) is 4.22. The highest BCUT2D eigenvalue weighted by Crippen LogP contribution is 2.14. The van der Waals surface area contributed by atoms with E-state index in [0.29, 0.717) is 30.0 Å². The number of hydrogen-bond donors (Lipinski definition) is 5. The zero-order valence-electron chi connectivity index (χ0n) is 16.4. The second-order valence-corrected chi connectivity index (χ2v) is 6.61. The van der Waals surface area contributed by atoms with Crippen molar-refractivity contribution in [3.05, 3.63) is 65.2 Å². The van der Waals surface area contributed by atoms with Crippen LogP contribution in [0.1, 0.15) is 27.9 Å². The molecule has 162 valence electrons. The molecule has 0 heterocycles. The molecule has 1 atom stereocenters. The predicted octanol–water partition coefficient (Wildman–Crippen LogP) is 0.816. The molecular formula is C20H26BClN2O6. The smallest absolute Gasteiger partial charge is 0.475 e. The van der Waals surface area contributed by atoms with E-state index in [4.69, 9.17) is 15.6 Å². The molecule has 8 nitrogen and oxygen atoms in total. The molecule has 1 amide bonds. The average Bonchev–Trinajstić information content (AvgIpc) is 2.68. The lowest BCUT2D eigenvalue weighted by Gasteiger charge is -2.18. The van der Waals surface area contributed by atoms with E-state index < -0.39 is 24.9 Å². The van der Waals surface area contributed by atoms with Gasteiger partial charge in [-0.3, -0.25) is 4.79 Å². The van der Waals surface area contributed by atoms with E-state index in [2.05, 4.69) is 5.32 Å². The molecule has 2 rings (SSSR count). The monoisotopic (exact) mass is 436 g/mol. The molecule has 30 heavy (non-hydrogen) atoms. The second kappa shape index (κ2) is 12.9. The van der Waals surface area contributed by atoms with Gasteiger partial charge < -0.3 is 30.9 Å². The van der Waals surface area contributed by atoms with E-state index in [9.17, 15) is 19.6 Å². The fourth-order valence-electron chi connectivity index (χ4n) is 2.78. The van der Waals surface area contributed by atoms with Crippen LogP contribution >= 0.6 is 12.4 Å². The minimum absolute atomic E-state index is 0. The highest BCUT2D eigenvalue weighted by Gasteiger charge is 2.26. The second-order valence-electron chi connectivity index (χ2n) is 6.61. The Bertz CT molecular complexity index is 836. The first kappa shape index (κ1) is 25.5. The number of nitrogens with two attached hydrogens (primary N) is 1. The number of carboxylic acid groups (broad SMARTS) is 1. The predicted molar refractivity (Wildman–Crippen MR) is 116 cm³/mol. The largest absolute Gasteiger partial charge is 0.494 e. The van der Waals surface area contributed by atoms with Crippen molar-refractivity contribution >= 4 is 31.4 Å². The number of halogens is 1. The summed E-state index contributed by atoms with van der Waals surface area (Å²) in [6.45, 7) is 1.02. The van der Waals surface area contributed by atoms with E-state index in [1.165, 1.54) is 12.1 Å². The fourth-order valence-corrected chi connectivity index (χ4v) is 2.78. The quantitative estimate of drug-likeness (QED) is 0.259. The first-order valence-corrected chi connectivity index (χ1v) is 9.28. The SMILES string of the molecule is Cl.NCCCOc1cccc(CC(=O)N[C@@H](Cc2cccc(C(=O)O)c2)B(O)O)c1. The van der Waals surface area contributed by atoms with Gasteiger partial charge in [-0.1, -0.05) is 24.3 Å². The van der Waals surface area contributed by atoms with Gasteiger partial charge in [-0.25, -0.2) is 4.79 Å². The Morgan fingerprint density at radius 1 is 1.10 bits per heavy atom. The van der Waals surface area contributed by atoms with Gasteiger partial charge in [0.2, 0.25) is 5.91 Å². The van der Waals surface area contributed by atoms with Crippen LogP contribution in [0.5, 0.6) is 5.75 Å². The topological polar surface area (TPSA) is 142 Å². The van der Waals surface area contributed by atoms with Crippen molar-refractivity contribution in [1.29, 1.82) is 0 Å². The Balaban J connectivity index is 0.00000450. The van der Waals surface area contributed by atoms with Gasteiger partial charge in [-0.2, -0.15) is 0 Å². The van der Waals surface area contributed by atoms with Crippen LogP contribution in [0, 0.1) is 0 Å². The highest BCUT2D eigenvalue weighted by atomic mass is 35.5. The van der Waals surface area contributed by atoms with E-state index in [1.807, 2.05) is 0 Å². The van der Waals surface area contributed by atoms with Crippen LogP contribution in [0.2, 0.25) is 0 Å². The summed E-state index contributed by atoms with van der Waals surface area (Å²) in [5, 5.41) is 30.9. The molecule has 0 aliphatic rings. The number of rotatable bonds is 11. The number of nitrogens with one attached hydrogen (secondary N) is 1. The van der Waals surface area contributed by atoms with Gasteiger partial charge >= 0.3 is 13.1 Å². The van der Waals surface area contributed by atoms with E-state index in [-0.39, 0.29) is 30.8 Å². The number of hydrogen-bond acceptors (Lipinski definition) is 6. The van der Waals surface area contributed by atoms with Crippen LogP contribution in [-0.2, 0) is 17.6 Å². The van der Waals surface area contributed by atoms with Gasteiger partial charge in [-0.15, -0.1) is 12.4 Å². The summed E-state index contributed by atoms with van der Waals surface area (Å²) in [4.78, 5) is 23.5. The zero-order valence-corrected chi connectivity index (χ0v) is 17.2. The molecule has 0 aliphatic carbocycles. The van der Waals surface area contributed by atoms with E-state index in [0.717, 1.165) is 6.42 Å². The van der Waals surface area contributed by atoms with E-state index >= 15 is 0 Å². The number of aromatic carboxylic acids is 1. The molecule has 0 unspecified atom stereocenters. The summed E-state index contributed by atoms with van der Waals surface area (Å²) in [7, 11) is -1.79. The summed E-state index contributed by atoms with van der Waals surface area (Å²) >= 11 is 0. The molecule has 0 saturated carbocycles. The van der Waals surface area contributed by atoms with Crippen LogP contribution in [0.25, 0.3) is 0 Å². The minimum Gasteiger partial charge on any atom is -0.494 e. The molecule has 0 aromatic heterocycles. The van der Waals surface area contributed by atoms with Crippen molar-refractivity contribution in [2.75, 3.05) is 13.2 Å². The summed E-state index contributed by atoms with van der Waals surface area (Å²) in [5.41, 5.74) is 6.81. The third-order valence-corrected chi connectivity index (χ3v) is 4.22. The standard InChI is InChI=1S/C20H25BN2O6.ClH/c22-8-3-9-29-17-7-2-5-15(11-17)13-19(24)23-18(21(27)28)12-14-4-1-6-16(10-14)20(25)26;/h1-2,4-7,10-11,18,27-28H,3,8-9,12-13,22H2,(H,23,24)(H,25,26);1H/t18-;/m0./s1. The van der Waals surface area contributed by atoms with Crippen molar-refractivity contribution in [3.63, 3.8) is 0 Å². The average molecular weight is 437 g/mol. The molecular weight excluding hydrogens is 410 g/mol. The van der Waals surface area contributed by atoms with Crippen LogP contribution in [-0.4, -0.2) is 53.2 Å². The molecule has 0 saturated heterocycles. The van der Waals surface area contributed by atoms with Crippen molar-refractivity contribution in [2.45, 2.75) is 25.2 Å². The van der Waals surface area contributed by atoms with Crippen LogP contribution < -0.4 is 15.8 Å². The number of carboxylic acids is 1. The minimum atomic E-state index is -1.79. The number of ether oxygens (including phenoxy) is 1. The Morgan fingerprint density at radius 3 is 2.47 bits per heavy atom. The molecule has 6 N–H and O–H groups in total. The lowest BCUT2D eigenvalue weighted by Crippen LogP contribution is -2.48. The Labute approximate surface area is 181 Å². The van der Waals surface area contributed by atoms with Crippen LogP contribution in [0.3, 0.4) is 0 Å². The normalized spacial score (nSPS) is 11.2. The molecule has 2 aromatic rings. The van der Waals surface area contributed by atoms with Crippen LogP contribution in [0.15, 0.2) is 48.5 Å². The van der Waals surface area contributed by atoms with Crippen molar-refractivity contribution < 1.29 is 29.5 Å². The third kappa shape index (κ3) is 8.42. The van der Waals surface area contributed by atoms with Crippen molar-refractivity contribution in [3.8, 4) is 5.75 Å². The van der Waals surface area contributed by atoms with Crippen molar-refractivity contribution in [1.82, 2.24) is 5.32 Å². The highest BCUT2D eigenvalue weighted by molar-refractivity contribution is 6.43. The fraction of sp³-hybridized carbons (Fsp3) is 0.300.